The van der Waals surface area contributed by atoms with E-state index in [4.69, 9.17) is 0 Å². The minimum Gasteiger partial charge on any atom is -0.453 e. The first-order valence-corrected chi connectivity index (χ1v) is 8.10. The molecular weight excluding hydrogens is 288 g/mol. The van der Waals surface area contributed by atoms with Crippen molar-refractivity contribution in [2.75, 3.05) is 33.3 Å². The second-order valence-electron chi connectivity index (χ2n) is 4.23. The van der Waals surface area contributed by atoms with Gasteiger partial charge >= 0.3 is 6.09 Å². The van der Waals surface area contributed by atoms with Crippen LogP contribution >= 0.6 is 11.3 Å². The first-order chi connectivity index (χ1) is 8.95. The fourth-order valence-corrected chi connectivity index (χ4v) is 4.78. The fraction of sp³-hybridized carbons (Fsp3) is 0.545. The molecule has 0 radical (unpaired) electrons. The number of carbonyl (C=O) groups is 1. The molecule has 0 aromatic carbocycles. The van der Waals surface area contributed by atoms with Crippen LogP contribution in [-0.2, 0) is 14.8 Å². The number of sulfonamides is 1. The molecule has 8 heteroatoms. The van der Waals surface area contributed by atoms with Gasteiger partial charge in [0.25, 0.3) is 10.0 Å². The van der Waals surface area contributed by atoms with Crippen LogP contribution < -0.4 is 0 Å². The van der Waals surface area contributed by atoms with Gasteiger partial charge in [-0.15, -0.1) is 11.3 Å². The van der Waals surface area contributed by atoms with Gasteiger partial charge in [0.1, 0.15) is 4.21 Å². The average Bonchev–Trinajstić information content (AvgIpc) is 2.85. The molecule has 0 saturated carbocycles. The van der Waals surface area contributed by atoms with E-state index >= 15 is 0 Å². The summed E-state index contributed by atoms with van der Waals surface area (Å²) < 4.78 is 31.1. The lowest BCUT2D eigenvalue weighted by Crippen LogP contribution is -2.50. The number of ether oxygens (including phenoxy) is 1. The van der Waals surface area contributed by atoms with Crippen LogP contribution in [0.25, 0.3) is 0 Å². The van der Waals surface area contributed by atoms with Crippen LogP contribution in [-0.4, -0.2) is 57.0 Å². The van der Waals surface area contributed by atoms with Crippen molar-refractivity contribution < 1.29 is 17.9 Å². The van der Waals surface area contributed by atoms with Crippen LogP contribution in [0.1, 0.15) is 4.88 Å². The first-order valence-electron chi connectivity index (χ1n) is 5.84. The Kier molecular flexibility index (Phi) is 4.12. The molecule has 1 aromatic rings. The van der Waals surface area contributed by atoms with E-state index in [0.717, 1.165) is 4.88 Å². The maximum atomic E-state index is 12.3. The molecule has 1 saturated heterocycles. The average molecular weight is 304 g/mol. The first kappa shape index (κ1) is 14.3. The van der Waals surface area contributed by atoms with Gasteiger partial charge in [0.2, 0.25) is 0 Å². The smallest absolute Gasteiger partial charge is 0.409 e. The number of nitrogens with zero attached hydrogens (tertiary/aromatic N) is 2. The molecular formula is C11H16N2O4S2. The number of hydrogen-bond donors (Lipinski definition) is 0. The van der Waals surface area contributed by atoms with E-state index in [2.05, 4.69) is 4.74 Å². The summed E-state index contributed by atoms with van der Waals surface area (Å²) >= 11 is 1.27. The molecule has 2 rings (SSSR count). The summed E-state index contributed by atoms with van der Waals surface area (Å²) in [6.45, 7) is 3.19. The molecule has 0 spiro atoms. The maximum Gasteiger partial charge on any atom is 0.409 e. The Balaban J connectivity index is 2.07. The molecule has 1 aliphatic rings. The zero-order valence-corrected chi connectivity index (χ0v) is 12.5. The highest BCUT2D eigenvalue weighted by Gasteiger charge is 2.31. The lowest BCUT2D eigenvalue weighted by atomic mass is 10.4. The van der Waals surface area contributed by atoms with Gasteiger partial charge in [-0.2, -0.15) is 4.31 Å². The summed E-state index contributed by atoms with van der Waals surface area (Å²) in [6.07, 6.45) is -0.413. The minimum absolute atomic E-state index is 0.300. The highest BCUT2D eigenvalue weighted by molar-refractivity contribution is 7.91. The Labute approximate surface area is 116 Å². The van der Waals surface area contributed by atoms with Gasteiger partial charge < -0.3 is 9.64 Å². The Morgan fingerprint density at radius 1 is 1.26 bits per heavy atom. The monoisotopic (exact) mass is 304 g/mol. The lowest BCUT2D eigenvalue weighted by molar-refractivity contribution is 0.108. The van der Waals surface area contributed by atoms with Gasteiger partial charge in [-0.1, -0.05) is 0 Å². The Hall–Kier alpha value is -1.12. The normalized spacial score (nSPS) is 17.5. The van der Waals surface area contributed by atoms with Crippen molar-refractivity contribution in [2.24, 2.45) is 0 Å². The molecule has 6 nitrogen and oxygen atoms in total. The van der Waals surface area contributed by atoms with Crippen molar-refractivity contribution in [3.63, 3.8) is 0 Å². The van der Waals surface area contributed by atoms with Crippen molar-refractivity contribution >= 4 is 27.5 Å². The van der Waals surface area contributed by atoms with E-state index in [9.17, 15) is 13.2 Å². The van der Waals surface area contributed by atoms with E-state index in [-0.39, 0.29) is 0 Å². The number of carbonyl (C=O) groups excluding carboxylic acids is 1. The fourth-order valence-electron chi connectivity index (χ4n) is 1.92. The molecule has 1 aliphatic heterocycles. The number of hydrogen-bond acceptors (Lipinski definition) is 5. The van der Waals surface area contributed by atoms with Crippen molar-refractivity contribution in [2.45, 2.75) is 11.1 Å². The summed E-state index contributed by atoms with van der Waals surface area (Å²) in [5.74, 6) is 0. The molecule has 1 fully saturated rings. The highest BCUT2D eigenvalue weighted by Crippen LogP contribution is 2.25. The molecule has 1 amide bonds. The number of amides is 1. The van der Waals surface area contributed by atoms with E-state index in [1.807, 2.05) is 6.92 Å². The van der Waals surface area contributed by atoms with Crippen LogP contribution in [0.15, 0.2) is 16.3 Å². The van der Waals surface area contributed by atoms with Gasteiger partial charge in [-0.05, 0) is 19.1 Å². The van der Waals surface area contributed by atoms with Crippen LogP contribution in [0.4, 0.5) is 4.79 Å². The molecule has 0 unspecified atom stereocenters. The topological polar surface area (TPSA) is 66.9 Å². The van der Waals surface area contributed by atoms with Crippen molar-refractivity contribution in [3.05, 3.63) is 17.0 Å². The molecule has 19 heavy (non-hydrogen) atoms. The van der Waals surface area contributed by atoms with Crippen LogP contribution in [0, 0.1) is 6.92 Å². The van der Waals surface area contributed by atoms with Crippen molar-refractivity contribution in [3.8, 4) is 0 Å². The quantitative estimate of drug-likeness (QED) is 0.821. The van der Waals surface area contributed by atoms with E-state index < -0.39 is 16.1 Å². The van der Waals surface area contributed by atoms with Crippen LogP contribution in [0.2, 0.25) is 0 Å². The van der Waals surface area contributed by atoms with Gasteiger partial charge in [0.15, 0.2) is 0 Å². The Bertz CT molecular complexity index is 559. The highest BCUT2D eigenvalue weighted by atomic mass is 32.2. The number of aryl methyl sites for hydroxylation is 1. The SMILES string of the molecule is COC(=O)N1CCN(S(=O)(=O)c2ccc(C)s2)CC1. The lowest BCUT2D eigenvalue weighted by Gasteiger charge is -2.32. The maximum absolute atomic E-state index is 12.3. The minimum atomic E-state index is -3.42. The van der Waals surface area contributed by atoms with E-state index in [1.54, 1.807) is 12.1 Å². The van der Waals surface area contributed by atoms with Crippen molar-refractivity contribution in [1.29, 1.82) is 0 Å². The van der Waals surface area contributed by atoms with Crippen LogP contribution in [0.3, 0.4) is 0 Å². The van der Waals surface area contributed by atoms with E-state index in [1.165, 1.54) is 27.7 Å². The van der Waals surface area contributed by atoms with E-state index in [0.29, 0.717) is 30.4 Å². The van der Waals surface area contributed by atoms with Gasteiger partial charge in [0, 0.05) is 31.1 Å². The summed E-state index contributed by atoms with van der Waals surface area (Å²) in [4.78, 5) is 13.8. The van der Waals surface area contributed by atoms with Gasteiger partial charge in [-0.25, -0.2) is 13.2 Å². The summed E-state index contributed by atoms with van der Waals surface area (Å²) in [5.41, 5.74) is 0. The molecule has 0 bridgehead atoms. The molecule has 0 N–H and O–H groups in total. The zero-order valence-electron chi connectivity index (χ0n) is 10.8. The second-order valence-corrected chi connectivity index (χ2v) is 7.68. The largest absolute Gasteiger partial charge is 0.453 e. The van der Waals surface area contributed by atoms with Gasteiger partial charge in [0.05, 0.1) is 7.11 Å². The predicted molar refractivity (Wildman–Crippen MR) is 71.8 cm³/mol. The number of thiophene rings is 1. The second kappa shape index (κ2) is 5.48. The predicted octanol–water partition coefficient (Wildman–Crippen LogP) is 1.13. The third-order valence-corrected chi connectivity index (χ3v) is 6.35. The molecule has 0 atom stereocenters. The summed E-state index contributed by atoms with van der Waals surface area (Å²) in [6, 6.07) is 3.42. The zero-order chi connectivity index (χ0) is 14.0. The number of rotatable bonds is 2. The standard InChI is InChI=1S/C11H16N2O4S2/c1-9-3-4-10(18-9)19(15,16)13-7-5-12(6-8-13)11(14)17-2/h3-4H,5-8H2,1-2H3. The number of methoxy groups -OCH3 is 1. The third kappa shape index (κ3) is 2.90. The third-order valence-electron chi connectivity index (χ3n) is 2.98. The van der Waals surface area contributed by atoms with Crippen LogP contribution in [0.5, 0.6) is 0 Å². The molecule has 2 heterocycles. The summed E-state index contributed by atoms with van der Waals surface area (Å²) in [5, 5.41) is 0. The molecule has 1 aromatic heterocycles. The van der Waals surface area contributed by atoms with Crippen molar-refractivity contribution in [1.82, 2.24) is 9.21 Å². The summed E-state index contributed by atoms with van der Waals surface area (Å²) in [7, 11) is -2.10. The Morgan fingerprint density at radius 2 is 1.89 bits per heavy atom. The number of piperazine rings is 1. The van der Waals surface area contributed by atoms with Gasteiger partial charge in [-0.3, -0.25) is 0 Å². The molecule has 0 aliphatic carbocycles. The molecule has 106 valence electrons. The Morgan fingerprint density at radius 3 is 2.37 bits per heavy atom.